The van der Waals surface area contributed by atoms with E-state index in [1.807, 2.05) is 6.92 Å². The van der Waals surface area contributed by atoms with Crippen LogP contribution in [-0.4, -0.2) is 82.3 Å². The fourth-order valence-corrected chi connectivity index (χ4v) is 8.52. The number of allylic oxidation sites excluding steroid dienone is 1. The van der Waals surface area contributed by atoms with Gasteiger partial charge in [0.1, 0.15) is 17.2 Å². The van der Waals surface area contributed by atoms with E-state index in [1.165, 1.54) is 16.0 Å². The highest BCUT2D eigenvalue weighted by atomic mass is 32.1. The molecule has 1 spiro atoms. The molecule has 4 heterocycles. The van der Waals surface area contributed by atoms with Crippen molar-refractivity contribution in [2.24, 2.45) is 5.73 Å². The van der Waals surface area contributed by atoms with Gasteiger partial charge in [0.2, 0.25) is 5.88 Å². The summed E-state index contributed by atoms with van der Waals surface area (Å²) < 4.78 is 12.9. The first-order valence-corrected chi connectivity index (χ1v) is 16.9. The number of likely N-dealkylation sites (tertiary alicyclic amines) is 1. The average molecular weight is 660 g/mol. The highest BCUT2D eigenvalue weighted by molar-refractivity contribution is 7.16. The second kappa shape index (κ2) is 13.4. The smallest absolute Gasteiger partial charge is 0.271 e. The zero-order valence-electron chi connectivity index (χ0n) is 27.0. The molecular weight excluding hydrogens is 618 g/mol. The zero-order valence-corrected chi connectivity index (χ0v) is 27.9. The molecule has 3 aliphatic rings. The lowest BCUT2D eigenvalue weighted by molar-refractivity contribution is -0.122. The van der Waals surface area contributed by atoms with Gasteiger partial charge in [-0.3, -0.25) is 14.5 Å². The Kier molecular flexibility index (Phi) is 9.32. The van der Waals surface area contributed by atoms with E-state index in [4.69, 9.17) is 30.9 Å². The molecule has 13 nitrogen and oxygen atoms in total. The van der Waals surface area contributed by atoms with Gasteiger partial charge in [-0.1, -0.05) is 0 Å². The van der Waals surface area contributed by atoms with Crippen LogP contribution in [0.2, 0.25) is 0 Å². The molecule has 0 aromatic carbocycles. The number of carbonyl (C=O) groups excluding carboxylic acids is 2. The molecule has 6 rings (SSSR count). The van der Waals surface area contributed by atoms with Crippen LogP contribution in [0.3, 0.4) is 0 Å². The fourth-order valence-electron chi connectivity index (χ4n) is 7.36. The summed E-state index contributed by atoms with van der Waals surface area (Å²) in [5, 5.41) is 17.7. The molecule has 1 amide bonds. The van der Waals surface area contributed by atoms with Crippen molar-refractivity contribution in [2.75, 3.05) is 39.6 Å². The van der Waals surface area contributed by atoms with Crippen molar-refractivity contribution in [3.8, 4) is 17.8 Å². The average Bonchev–Trinajstić information content (AvgIpc) is 3.80. The molecule has 0 radical (unpaired) electrons. The third-order valence-electron chi connectivity index (χ3n) is 9.67. The molecule has 3 aromatic heterocycles. The van der Waals surface area contributed by atoms with Crippen molar-refractivity contribution in [1.82, 2.24) is 30.0 Å². The highest BCUT2D eigenvalue weighted by Crippen LogP contribution is 2.52. The van der Waals surface area contributed by atoms with Crippen LogP contribution in [0.5, 0.6) is 5.88 Å². The number of fused-ring (bicyclic) bond motifs is 2. The largest absolute Gasteiger partial charge is 0.473 e. The predicted molar refractivity (Wildman–Crippen MR) is 177 cm³/mol. The van der Waals surface area contributed by atoms with Crippen molar-refractivity contribution in [3.05, 3.63) is 51.4 Å². The first kappa shape index (κ1) is 32.6. The second-order valence-corrected chi connectivity index (χ2v) is 13.7. The van der Waals surface area contributed by atoms with Crippen LogP contribution in [0.1, 0.15) is 84.2 Å². The number of anilines is 1. The molecular formula is C33H41N9O4S. The lowest BCUT2D eigenvalue weighted by Gasteiger charge is -2.40. The number of likely N-dealkylation sites (N-methyl/N-ethyl adjacent to an activating group) is 1. The molecule has 2 aliphatic carbocycles. The quantitative estimate of drug-likeness (QED) is 0.226. The molecule has 0 unspecified atom stereocenters. The van der Waals surface area contributed by atoms with E-state index in [2.05, 4.69) is 28.4 Å². The van der Waals surface area contributed by atoms with Gasteiger partial charge >= 0.3 is 0 Å². The van der Waals surface area contributed by atoms with E-state index < -0.39 is 5.41 Å². The van der Waals surface area contributed by atoms with Gasteiger partial charge in [-0.15, -0.1) is 11.3 Å². The maximum Gasteiger partial charge on any atom is 0.271 e. The maximum absolute atomic E-state index is 14.5. The molecule has 1 aliphatic heterocycles. The first-order chi connectivity index (χ1) is 22.7. The van der Waals surface area contributed by atoms with Crippen LogP contribution in [0, 0.1) is 11.3 Å². The monoisotopic (exact) mass is 659 g/mol. The van der Waals surface area contributed by atoms with Gasteiger partial charge in [0.25, 0.3) is 5.91 Å². The Labute approximate surface area is 277 Å². The lowest BCUT2D eigenvalue weighted by Crippen LogP contribution is -2.43. The summed E-state index contributed by atoms with van der Waals surface area (Å²) in [5.41, 5.74) is 14.3. The van der Waals surface area contributed by atoms with E-state index in [0.29, 0.717) is 60.2 Å². The van der Waals surface area contributed by atoms with Crippen LogP contribution < -0.4 is 21.5 Å². The molecule has 5 N–H and O–H groups in total. The number of ketones is 1. The van der Waals surface area contributed by atoms with Gasteiger partial charge < -0.3 is 26.3 Å². The van der Waals surface area contributed by atoms with Gasteiger partial charge in [-0.25, -0.2) is 9.67 Å². The van der Waals surface area contributed by atoms with Crippen LogP contribution in [-0.2, 0) is 21.4 Å². The summed E-state index contributed by atoms with van der Waals surface area (Å²) in [6, 6.07) is 5.74. The van der Waals surface area contributed by atoms with E-state index in [-0.39, 0.29) is 41.1 Å². The summed E-state index contributed by atoms with van der Waals surface area (Å²) in [5.74, 6) is 0.336. The Hall–Kier alpha value is -4.32. The number of nitrogens with zero attached hydrogens (tertiary/aromatic N) is 6. The van der Waals surface area contributed by atoms with E-state index in [1.54, 1.807) is 25.4 Å². The Morgan fingerprint density at radius 2 is 2.06 bits per heavy atom. The summed E-state index contributed by atoms with van der Waals surface area (Å²) in [4.78, 5) is 39.9. The Bertz CT molecular complexity index is 1760. The number of rotatable bonds is 9. The number of Topliss-reactive ketones (excluding diaryl/α,β-unsaturated/α-hetero) is 1. The molecule has 2 fully saturated rings. The maximum atomic E-state index is 14.5. The van der Waals surface area contributed by atoms with Crippen molar-refractivity contribution in [2.45, 2.75) is 75.9 Å². The molecule has 3 atom stereocenters. The van der Waals surface area contributed by atoms with Crippen LogP contribution in [0.25, 0.3) is 11.5 Å². The number of thiophene rings is 1. The van der Waals surface area contributed by atoms with Crippen molar-refractivity contribution in [1.29, 1.82) is 5.26 Å². The third-order valence-corrected chi connectivity index (χ3v) is 10.8. The van der Waals surface area contributed by atoms with Gasteiger partial charge in [0.05, 0.1) is 23.3 Å². The fraction of sp³-hybridized carbons (Fsp3) is 0.515. The number of methoxy groups -OCH3 is 1. The van der Waals surface area contributed by atoms with Gasteiger partial charge in [-0.2, -0.15) is 15.3 Å². The minimum atomic E-state index is -0.851. The number of nitrogen functional groups attached to an aromatic ring is 1. The number of carbonyl (C=O) groups is 2. The number of nitrogens with one attached hydrogen (secondary N) is 1. The number of aryl methyl sites for hydroxylation is 1. The predicted octanol–water partition coefficient (Wildman–Crippen LogP) is 3.11. The summed E-state index contributed by atoms with van der Waals surface area (Å²) in [7, 11) is 3.65. The normalized spacial score (nSPS) is 22.9. The molecule has 47 heavy (non-hydrogen) atoms. The number of hydrogen-bond acceptors (Lipinski definition) is 12. The molecule has 1 saturated carbocycles. The number of nitrogens with two attached hydrogens (primary N) is 2. The minimum absolute atomic E-state index is 0.0944. The van der Waals surface area contributed by atoms with Gasteiger partial charge in [-0.05, 0) is 83.5 Å². The van der Waals surface area contributed by atoms with E-state index in [9.17, 15) is 14.9 Å². The van der Waals surface area contributed by atoms with Crippen molar-refractivity contribution >= 4 is 33.7 Å². The highest BCUT2D eigenvalue weighted by Gasteiger charge is 2.49. The minimum Gasteiger partial charge on any atom is -0.473 e. The molecule has 1 saturated heterocycles. The summed E-state index contributed by atoms with van der Waals surface area (Å²) in [6.45, 7) is 3.74. The van der Waals surface area contributed by atoms with Crippen LogP contribution in [0.4, 0.5) is 5.00 Å². The van der Waals surface area contributed by atoms with E-state index >= 15 is 0 Å². The molecule has 0 bridgehead atoms. The summed E-state index contributed by atoms with van der Waals surface area (Å²) >= 11 is 1.41. The SMILES string of the molecule is COCCNC(=O)c1ccn(-c2cc(O[C@@H](C)[C@@H]3CCCN3C)nc(C(N)=C3CCC[C@@]4(CCCc5sc(N)c(C#N)c54)C3=O)n2)n1. The van der Waals surface area contributed by atoms with Crippen LogP contribution >= 0.6 is 11.3 Å². The van der Waals surface area contributed by atoms with Gasteiger partial charge in [0.15, 0.2) is 23.1 Å². The lowest BCUT2D eigenvalue weighted by atomic mass is 9.61. The molecule has 14 heteroatoms. The van der Waals surface area contributed by atoms with Gasteiger partial charge in [0, 0.05) is 42.4 Å². The second-order valence-electron chi connectivity index (χ2n) is 12.6. The Morgan fingerprint density at radius 1 is 1.28 bits per heavy atom. The van der Waals surface area contributed by atoms with E-state index in [0.717, 1.165) is 49.1 Å². The standard InChI is InChI=1S/C33H41N9O4S/c1-19(23-8-6-14-41(23)2)46-26-17-25(42-15-10-22(40-42)32(44)37-13-16-45-3)38-31(39-26)28(35)20-7-4-11-33(29(20)43)12-5-9-24-27(33)21(18-34)30(36)47-24/h10,15,17,19,23H,4-9,11-14,16,35-36H2,1-3H3,(H,37,44)/t19-,23-,33-/m0/s1. The summed E-state index contributed by atoms with van der Waals surface area (Å²) in [6.07, 6.45) is 7.61. The van der Waals surface area contributed by atoms with Crippen molar-refractivity contribution < 1.29 is 19.1 Å². The zero-order chi connectivity index (χ0) is 33.3. The Balaban J connectivity index is 1.39. The number of aromatic nitrogens is 4. The number of nitriles is 1. The number of ether oxygens (including phenoxy) is 2. The van der Waals surface area contributed by atoms with Crippen molar-refractivity contribution in [3.63, 3.8) is 0 Å². The molecule has 248 valence electrons. The third kappa shape index (κ3) is 6.10. The van der Waals surface area contributed by atoms with Crippen LogP contribution in [0.15, 0.2) is 23.9 Å². The Morgan fingerprint density at radius 3 is 2.79 bits per heavy atom. The number of amides is 1. The number of hydrogen-bond donors (Lipinski definition) is 3. The first-order valence-electron chi connectivity index (χ1n) is 16.1. The molecule has 3 aromatic rings. The topological polar surface area (TPSA) is 187 Å².